The van der Waals surface area contributed by atoms with Crippen LogP contribution in [-0.2, 0) is 11.3 Å². The number of hydrogen-bond acceptors (Lipinski definition) is 3. The molecule has 1 aliphatic rings. The standard InChI is InChI=1S/C17H27N3O.ClH/c1-3-20(11-15-7-5-4-6-8-15)17(21)13-19-10-9-16(12-19)14(2)18;/h4-8,14,16H,3,9-13,18H2,1-2H3;1H. The van der Waals surface area contributed by atoms with Crippen LogP contribution in [0.15, 0.2) is 30.3 Å². The van der Waals surface area contributed by atoms with E-state index < -0.39 is 0 Å². The third kappa shape index (κ3) is 5.27. The normalized spacial score (nSPS) is 19.5. The maximum absolute atomic E-state index is 12.5. The topological polar surface area (TPSA) is 49.6 Å². The summed E-state index contributed by atoms with van der Waals surface area (Å²) in [7, 11) is 0. The maximum atomic E-state index is 12.5. The van der Waals surface area contributed by atoms with E-state index in [1.165, 1.54) is 5.56 Å². The van der Waals surface area contributed by atoms with Crippen LogP contribution >= 0.6 is 12.4 Å². The van der Waals surface area contributed by atoms with Gasteiger partial charge in [-0.1, -0.05) is 30.3 Å². The van der Waals surface area contributed by atoms with Gasteiger partial charge in [-0.25, -0.2) is 0 Å². The highest BCUT2D eigenvalue weighted by Crippen LogP contribution is 2.18. The molecule has 1 aromatic rings. The van der Waals surface area contributed by atoms with Crippen molar-refractivity contribution in [2.75, 3.05) is 26.2 Å². The molecule has 2 N–H and O–H groups in total. The van der Waals surface area contributed by atoms with E-state index in [9.17, 15) is 4.79 Å². The van der Waals surface area contributed by atoms with Gasteiger partial charge >= 0.3 is 0 Å². The maximum Gasteiger partial charge on any atom is 0.237 e. The average Bonchev–Trinajstić information content (AvgIpc) is 2.94. The molecular formula is C17H28ClN3O. The highest BCUT2D eigenvalue weighted by molar-refractivity contribution is 5.85. The van der Waals surface area contributed by atoms with E-state index in [-0.39, 0.29) is 24.4 Å². The third-order valence-electron chi connectivity index (χ3n) is 4.36. The van der Waals surface area contributed by atoms with Gasteiger partial charge < -0.3 is 10.6 Å². The Hall–Kier alpha value is -1.10. The summed E-state index contributed by atoms with van der Waals surface area (Å²) < 4.78 is 0. The Morgan fingerprint density at radius 2 is 2.09 bits per heavy atom. The monoisotopic (exact) mass is 325 g/mol. The van der Waals surface area contributed by atoms with Gasteiger partial charge in [-0.15, -0.1) is 12.4 Å². The number of nitrogens with two attached hydrogens (primary N) is 1. The lowest BCUT2D eigenvalue weighted by Gasteiger charge is -2.24. The van der Waals surface area contributed by atoms with Crippen LogP contribution in [0.3, 0.4) is 0 Å². The zero-order chi connectivity index (χ0) is 15.2. The van der Waals surface area contributed by atoms with E-state index in [2.05, 4.69) is 24.0 Å². The molecular weight excluding hydrogens is 298 g/mol. The summed E-state index contributed by atoms with van der Waals surface area (Å²) in [6.45, 7) is 8.00. The molecule has 0 aromatic heterocycles. The van der Waals surface area contributed by atoms with Crippen molar-refractivity contribution in [3.63, 3.8) is 0 Å². The molecule has 2 rings (SSSR count). The summed E-state index contributed by atoms with van der Waals surface area (Å²) in [5.41, 5.74) is 7.14. The van der Waals surface area contributed by atoms with Gasteiger partial charge in [0.2, 0.25) is 5.91 Å². The first-order valence-electron chi connectivity index (χ1n) is 7.89. The molecule has 124 valence electrons. The number of rotatable bonds is 6. The lowest BCUT2D eigenvalue weighted by atomic mass is 10.0. The molecule has 2 atom stereocenters. The van der Waals surface area contributed by atoms with Gasteiger partial charge in [0.1, 0.15) is 0 Å². The first kappa shape index (κ1) is 18.9. The fraction of sp³-hybridized carbons (Fsp3) is 0.588. The Morgan fingerprint density at radius 3 is 2.64 bits per heavy atom. The number of likely N-dealkylation sites (tertiary alicyclic amines) is 1. The lowest BCUT2D eigenvalue weighted by molar-refractivity contribution is -0.132. The molecule has 0 spiro atoms. The van der Waals surface area contributed by atoms with Crippen molar-refractivity contribution in [1.82, 2.24) is 9.80 Å². The van der Waals surface area contributed by atoms with Crippen molar-refractivity contribution in [2.45, 2.75) is 32.9 Å². The second-order valence-electron chi connectivity index (χ2n) is 6.04. The molecule has 1 saturated heterocycles. The lowest BCUT2D eigenvalue weighted by Crippen LogP contribution is -2.40. The fourth-order valence-corrected chi connectivity index (χ4v) is 2.91. The number of amides is 1. The summed E-state index contributed by atoms with van der Waals surface area (Å²) in [6, 6.07) is 10.4. The van der Waals surface area contributed by atoms with Crippen LogP contribution in [0, 0.1) is 5.92 Å². The molecule has 0 aliphatic carbocycles. The molecule has 4 nitrogen and oxygen atoms in total. The van der Waals surface area contributed by atoms with Gasteiger partial charge in [0.15, 0.2) is 0 Å². The van der Waals surface area contributed by atoms with E-state index in [4.69, 9.17) is 5.73 Å². The molecule has 0 bridgehead atoms. The quantitative estimate of drug-likeness (QED) is 0.871. The largest absolute Gasteiger partial charge is 0.338 e. The van der Waals surface area contributed by atoms with Crippen LogP contribution in [0.5, 0.6) is 0 Å². The fourth-order valence-electron chi connectivity index (χ4n) is 2.91. The molecule has 0 radical (unpaired) electrons. The minimum atomic E-state index is 0. The second kappa shape index (κ2) is 9.13. The number of hydrogen-bond donors (Lipinski definition) is 1. The van der Waals surface area contributed by atoms with Gasteiger partial charge in [-0.05, 0) is 38.3 Å². The first-order valence-corrected chi connectivity index (χ1v) is 7.89. The molecule has 2 unspecified atom stereocenters. The van der Waals surface area contributed by atoms with Crippen molar-refractivity contribution in [3.05, 3.63) is 35.9 Å². The van der Waals surface area contributed by atoms with E-state index in [0.717, 1.165) is 26.1 Å². The van der Waals surface area contributed by atoms with Gasteiger partial charge in [0.25, 0.3) is 0 Å². The van der Waals surface area contributed by atoms with Gasteiger partial charge in [-0.2, -0.15) is 0 Å². The Morgan fingerprint density at radius 1 is 1.41 bits per heavy atom. The number of nitrogens with zero attached hydrogens (tertiary/aromatic N) is 2. The van der Waals surface area contributed by atoms with E-state index in [1.807, 2.05) is 30.0 Å². The zero-order valence-corrected chi connectivity index (χ0v) is 14.4. The van der Waals surface area contributed by atoms with Crippen LogP contribution in [-0.4, -0.2) is 47.9 Å². The molecule has 0 saturated carbocycles. The summed E-state index contributed by atoms with van der Waals surface area (Å²) in [6.07, 6.45) is 1.11. The Labute approximate surface area is 140 Å². The van der Waals surface area contributed by atoms with E-state index in [1.54, 1.807) is 0 Å². The van der Waals surface area contributed by atoms with Crippen molar-refractivity contribution in [1.29, 1.82) is 0 Å². The summed E-state index contributed by atoms with van der Waals surface area (Å²) in [4.78, 5) is 16.6. The van der Waals surface area contributed by atoms with Gasteiger partial charge in [0, 0.05) is 25.7 Å². The van der Waals surface area contributed by atoms with Crippen LogP contribution in [0.4, 0.5) is 0 Å². The van der Waals surface area contributed by atoms with Crippen molar-refractivity contribution in [2.24, 2.45) is 11.7 Å². The van der Waals surface area contributed by atoms with Gasteiger partial charge in [-0.3, -0.25) is 9.69 Å². The third-order valence-corrected chi connectivity index (χ3v) is 4.36. The SMILES string of the molecule is CCN(Cc1ccccc1)C(=O)CN1CCC(C(C)N)C1.Cl. The highest BCUT2D eigenvalue weighted by Gasteiger charge is 2.27. The average molecular weight is 326 g/mol. The van der Waals surface area contributed by atoms with Gasteiger partial charge in [0.05, 0.1) is 6.54 Å². The molecule has 1 aliphatic heterocycles. The van der Waals surface area contributed by atoms with Crippen LogP contribution in [0.1, 0.15) is 25.8 Å². The number of halogens is 1. The number of likely N-dealkylation sites (N-methyl/N-ethyl adjacent to an activating group) is 1. The Kier molecular flexibility index (Phi) is 7.87. The Bertz CT molecular complexity index is 452. The van der Waals surface area contributed by atoms with Crippen molar-refractivity contribution >= 4 is 18.3 Å². The number of carbonyl (C=O) groups is 1. The molecule has 5 heteroatoms. The molecule has 1 aromatic carbocycles. The molecule has 1 heterocycles. The van der Waals surface area contributed by atoms with Crippen LogP contribution < -0.4 is 5.73 Å². The Balaban J connectivity index is 0.00000242. The minimum Gasteiger partial charge on any atom is -0.338 e. The predicted octanol–water partition coefficient (Wildman–Crippen LogP) is 2.13. The minimum absolute atomic E-state index is 0. The van der Waals surface area contributed by atoms with Crippen LogP contribution in [0.25, 0.3) is 0 Å². The smallest absolute Gasteiger partial charge is 0.237 e. The summed E-state index contributed by atoms with van der Waals surface area (Å²) in [5, 5.41) is 0. The van der Waals surface area contributed by atoms with Crippen molar-refractivity contribution < 1.29 is 4.79 Å². The highest BCUT2D eigenvalue weighted by atomic mass is 35.5. The van der Waals surface area contributed by atoms with E-state index in [0.29, 0.717) is 19.0 Å². The predicted molar refractivity (Wildman–Crippen MR) is 93.0 cm³/mol. The number of carbonyl (C=O) groups excluding carboxylic acids is 1. The summed E-state index contributed by atoms with van der Waals surface area (Å²) in [5.74, 6) is 0.744. The second-order valence-corrected chi connectivity index (χ2v) is 6.04. The van der Waals surface area contributed by atoms with E-state index >= 15 is 0 Å². The summed E-state index contributed by atoms with van der Waals surface area (Å²) >= 11 is 0. The number of benzene rings is 1. The zero-order valence-electron chi connectivity index (χ0n) is 13.6. The van der Waals surface area contributed by atoms with Crippen LogP contribution in [0.2, 0.25) is 0 Å². The molecule has 1 fully saturated rings. The molecule has 22 heavy (non-hydrogen) atoms. The molecule has 1 amide bonds. The first-order chi connectivity index (χ1) is 10.1. The van der Waals surface area contributed by atoms with Crippen molar-refractivity contribution in [3.8, 4) is 0 Å².